The van der Waals surface area contributed by atoms with Gasteiger partial charge in [0, 0.05) is 44.0 Å². The monoisotopic (exact) mass is 863 g/mol. The number of rotatable bonds is 6. The first-order valence-electron chi connectivity index (χ1n) is 23.4. The molecule has 0 aliphatic rings. The van der Waals surface area contributed by atoms with E-state index in [0.29, 0.717) is 0 Å². The molecule has 316 valence electrons. The van der Waals surface area contributed by atoms with Crippen molar-refractivity contribution in [2.75, 3.05) is 0 Å². The van der Waals surface area contributed by atoms with Crippen molar-refractivity contribution in [1.29, 1.82) is 0 Å². The Morgan fingerprint density at radius 1 is 0.206 bits per heavy atom. The van der Waals surface area contributed by atoms with Crippen LogP contribution in [-0.4, -0.2) is 14.1 Å². The highest BCUT2D eigenvalue weighted by Crippen LogP contribution is 2.41. The Balaban J connectivity index is 0.912. The predicted octanol–water partition coefficient (Wildman–Crippen LogP) is 17.4. The molecule has 14 rings (SSSR count). The number of hydrogen-bond acceptors (Lipinski definition) is 1. The van der Waals surface area contributed by atoms with Gasteiger partial charge in [0.25, 0.3) is 0 Å². The van der Waals surface area contributed by atoms with E-state index in [-0.39, 0.29) is 0 Å². The lowest BCUT2D eigenvalue weighted by molar-refractivity contribution is 1.18. The first-order valence-corrected chi connectivity index (χ1v) is 23.4. The van der Waals surface area contributed by atoms with Crippen molar-refractivity contribution in [3.8, 4) is 56.1 Å². The van der Waals surface area contributed by atoms with Crippen LogP contribution in [0.4, 0.5) is 0 Å². The number of nitrogens with zero attached hydrogens (tertiary/aromatic N) is 3. The molecule has 14 aromatic rings. The lowest BCUT2D eigenvalue weighted by Gasteiger charge is -2.14. The number of benzene rings is 11. The Bertz CT molecular complexity index is 4220. The van der Waals surface area contributed by atoms with Crippen LogP contribution in [-0.2, 0) is 0 Å². The second kappa shape index (κ2) is 15.3. The molecule has 0 N–H and O–H groups in total. The summed E-state index contributed by atoms with van der Waals surface area (Å²) in [5, 5.41) is 12.6. The van der Waals surface area contributed by atoms with Gasteiger partial charge in [0.15, 0.2) is 0 Å². The molecule has 0 atom stereocenters. The highest BCUT2D eigenvalue weighted by molar-refractivity contribution is 6.25. The summed E-state index contributed by atoms with van der Waals surface area (Å²) in [6, 6.07) is 90.6. The molecule has 0 amide bonds. The first kappa shape index (κ1) is 38.2. The number of para-hydroxylation sites is 2. The van der Waals surface area contributed by atoms with Gasteiger partial charge in [-0.2, -0.15) is 0 Å². The van der Waals surface area contributed by atoms with Crippen molar-refractivity contribution in [3.63, 3.8) is 0 Å². The van der Waals surface area contributed by atoms with Crippen LogP contribution in [0, 0.1) is 0 Å². The van der Waals surface area contributed by atoms with E-state index < -0.39 is 0 Å². The summed E-state index contributed by atoms with van der Waals surface area (Å²) in [5.41, 5.74) is 15.7. The largest absolute Gasteiger partial charge is 0.309 e. The zero-order valence-corrected chi connectivity index (χ0v) is 37.0. The van der Waals surface area contributed by atoms with Gasteiger partial charge < -0.3 is 9.13 Å². The van der Waals surface area contributed by atoms with E-state index in [1.165, 1.54) is 87.1 Å². The van der Waals surface area contributed by atoms with Crippen LogP contribution < -0.4 is 0 Å². The molecule has 0 bridgehead atoms. The second-order valence-electron chi connectivity index (χ2n) is 17.9. The van der Waals surface area contributed by atoms with Crippen LogP contribution in [0.5, 0.6) is 0 Å². The molecule has 0 fully saturated rings. The average molecular weight is 864 g/mol. The Morgan fingerprint density at radius 2 is 0.662 bits per heavy atom. The number of aromatic nitrogens is 3. The molecule has 0 aliphatic carbocycles. The minimum absolute atomic E-state index is 0.938. The summed E-state index contributed by atoms with van der Waals surface area (Å²) in [7, 11) is 0. The van der Waals surface area contributed by atoms with Crippen molar-refractivity contribution >= 4 is 75.9 Å². The van der Waals surface area contributed by atoms with E-state index in [0.717, 1.165) is 45.0 Å². The molecule has 3 heterocycles. The van der Waals surface area contributed by atoms with Gasteiger partial charge in [-0.05, 0) is 121 Å². The minimum Gasteiger partial charge on any atom is -0.309 e. The summed E-state index contributed by atoms with van der Waals surface area (Å²) < 4.78 is 4.87. The maximum absolute atomic E-state index is 5.28. The van der Waals surface area contributed by atoms with Crippen LogP contribution in [0.25, 0.3) is 132 Å². The van der Waals surface area contributed by atoms with Crippen molar-refractivity contribution < 1.29 is 0 Å². The number of fused-ring (bicyclic) bond motifs is 12. The molecular formula is C65H41N3. The van der Waals surface area contributed by atoms with Crippen LogP contribution in [0.1, 0.15) is 0 Å². The minimum atomic E-state index is 0.938. The molecule has 0 aliphatic heterocycles. The van der Waals surface area contributed by atoms with Gasteiger partial charge in [-0.25, -0.2) is 4.98 Å². The van der Waals surface area contributed by atoms with Crippen LogP contribution in [0.2, 0.25) is 0 Å². The SMILES string of the molecule is c1ccc(-c2cc(-c3ccccc3)nc(-c3cccc(-n4c5ccccc5c5cc(-c6ccc7c8ccccc8n(-c8ccc9c%10ccccc%10c%10ccccc%10c9c8)c7c6)ccc54)c3)c2)cc1. The second-order valence-corrected chi connectivity index (χ2v) is 17.9. The number of hydrogen-bond donors (Lipinski definition) is 0. The molecule has 0 radical (unpaired) electrons. The predicted molar refractivity (Wildman–Crippen MR) is 287 cm³/mol. The van der Waals surface area contributed by atoms with Crippen molar-refractivity contribution in [1.82, 2.24) is 14.1 Å². The van der Waals surface area contributed by atoms with E-state index in [1.54, 1.807) is 0 Å². The molecule has 0 saturated heterocycles. The zero-order chi connectivity index (χ0) is 44.7. The summed E-state index contributed by atoms with van der Waals surface area (Å²) in [4.78, 5) is 5.28. The van der Waals surface area contributed by atoms with Crippen molar-refractivity contribution in [2.45, 2.75) is 0 Å². The first-order chi connectivity index (χ1) is 33.7. The highest BCUT2D eigenvalue weighted by Gasteiger charge is 2.18. The molecule has 68 heavy (non-hydrogen) atoms. The third-order valence-corrected chi connectivity index (χ3v) is 14.1. The molecular weight excluding hydrogens is 823 g/mol. The van der Waals surface area contributed by atoms with E-state index in [4.69, 9.17) is 4.98 Å². The maximum atomic E-state index is 5.28. The number of pyridine rings is 1. The Morgan fingerprint density at radius 3 is 1.35 bits per heavy atom. The molecule has 0 saturated carbocycles. The van der Waals surface area contributed by atoms with E-state index in [9.17, 15) is 0 Å². The topological polar surface area (TPSA) is 22.8 Å². The highest BCUT2D eigenvalue weighted by atomic mass is 15.0. The third-order valence-electron chi connectivity index (χ3n) is 14.1. The van der Waals surface area contributed by atoms with Crippen LogP contribution >= 0.6 is 0 Å². The zero-order valence-electron chi connectivity index (χ0n) is 37.0. The molecule has 3 heteroatoms. The fourth-order valence-electron chi connectivity index (χ4n) is 10.9. The summed E-state index contributed by atoms with van der Waals surface area (Å²) >= 11 is 0. The summed E-state index contributed by atoms with van der Waals surface area (Å²) in [5.74, 6) is 0. The van der Waals surface area contributed by atoms with E-state index in [1.807, 2.05) is 0 Å². The Kier molecular flexibility index (Phi) is 8.59. The van der Waals surface area contributed by atoms with E-state index in [2.05, 4.69) is 258 Å². The fraction of sp³-hybridized carbons (Fsp3) is 0. The molecule has 3 nitrogen and oxygen atoms in total. The molecule has 0 unspecified atom stereocenters. The van der Waals surface area contributed by atoms with Gasteiger partial charge in [0.1, 0.15) is 0 Å². The fourth-order valence-corrected chi connectivity index (χ4v) is 10.9. The van der Waals surface area contributed by atoms with Crippen LogP contribution in [0.15, 0.2) is 249 Å². The quantitative estimate of drug-likeness (QED) is 0.153. The molecule has 11 aromatic carbocycles. The lowest BCUT2D eigenvalue weighted by Crippen LogP contribution is -1.96. The van der Waals surface area contributed by atoms with E-state index >= 15 is 0 Å². The Labute approximate surface area is 393 Å². The van der Waals surface area contributed by atoms with Gasteiger partial charge in [-0.15, -0.1) is 0 Å². The molecule has 0 spiro atoms. The van der Waals surface area contributed by atoms with Crippen molar-refractivity contribution in [2.24, 2.45) is 0 Å². The third kappa shape index (κ3) is 6.03. The van der Waals surface area contributed by atoms with Crippen LogP contribution in [0.3, 0.4) is 0 Å². The average Bonchev–Trinajstić information content (AvgIpc) is 3.93. The standard InChI is InChI=1S/C65H41N3/c1-3-16-42(17-4-1)47-38-60(43-18-5-2-6-19-43)66-61(39-47)46-20-15-21-48(36-46)67-63-29-14-12-27-56(63)59-37-44(31-35-64(59)67)45-30-33-57-55-26-11-13-28-62(55)68(65(57)40-45)49-32-34-54-52-24-8-7-22-50(52)51-23-9-10-25-53(51)58(54)41-49/h1-41H. The van der Waals surface area contributed by atoms with Gasteiger partial charge in [-0.3, -0.25) is 0 Å². The molecule has 3 aromatic heterocycles. The van der Waals surface area contributed by atoms with Gasteiger partial charge >= 0.3 is 0 Å². The lowest BCUT2D eigenvalue weighted by atomic mass is 9.94. The maximum Gasteiger partial charge on any atom is 0.0716 e. The smallest absolute Gasteiger partial charge is 0.0716 e. The van der Waals surface area contributed by atoms with Gasteiger partial charge in [0.2, 0.25) is 0 Å². The van der Waals surface area contributed by atoms with Crippen molar-refractivity contribution in [3.05, 3.63) is 249 Å². The van der Waals surface area contributed by atoms with Gasteiger partial charge in [-0.1, -0.05) is 182 Å². The van der Waals surface area contributed by atoms with Gasteiger partial charge in [0.05, 0.1) is 33.5 Å². The summed E-state index contributed by atoms with van der Waals surface area (Å²) in [6.45, 7) is 0. The summed E-state index contributed by atoms with van der Waals surface area (Å²) in [6.07, 6.45) is 0. The normalized spacial score (nSPS) is 11.8. The Hall–Kier alpha value is -9.05.